The van der Waals surface area contributed by atoms with Gasteiger partial charge in [0.1, 0.15) is 17.4 Å². The molecule has 1 unspecified atom stereocenters. The lowest BCUT2D eigenvalue weighted by Crippen LogP contribution is -2.22. The van der Waals surface area contributed by atoms with Crippen LogP contribution in [0.1, 0.15) is 17.2 Å². The van der Waals surface area contributed by atoms with E-state index in [4.69, 9.17) is 10.4 Å². The number of aromatic nitrogens is 2. The largest absolute Gasteiger partial charge is 0.330 e. The van der Waals surface area contributed by atoms with Gasteiger partial charge >= 0.3 is 0 Å². The number of hydrogen-bond donors (Lipinski definition) is 2. The number of carbonyl (C=O) groups is 1. The number of hydrogen-bond acceptors (Lipinski definition) is 7. The zero-order valence-corrected chi connectivity index (χ0v) is 15.3. The van der Waals surface area contributed by atoms with E-state index in [1.807, 2.05) is 0 Å². The number of carbonyl (C=O) groups excluding carboxylic acids is 1. The summed E-state index contributed by atoms with van der Waals surface area (Å²) in [7, 11) is 0. The van der Waals surface area contributed by atoms with Crippen molar-refractivity contribution < 1.29 is 13.8 Å². The Morgan fingerprint density at radius 1 is 1.42 bits per heavy atom. The van der Waals surface area contributed by atoms with E-state index in [-0.39, 0.29) is 22.8 Å². The van der Waals surface area contributed by atoms with Crippen LogP contribution in [-0.4, -0.2) is 34.2 Å². The molecule has 0 aliphatic carbocycles. The number of amides is 1. The molecule has 7 nitrogen and oxygen atoms in total. The van der Waals surface area contributed by atoms with Crippen molar-refractivity contribution in [3.63, 3.8) is 0 Å². The van der Waals surface area contributed by atoms with Crippen LogP contribution in [0.3, 0.4) is 0 Å². The van der Waals surface area contributed by atoms with Crippen molar-refractivity contribution in [2.45, 2.75) is 10.9 Å². The van der Waals surface area contributed by atoms with Gasteiger partial charge in [-0.1, -0.05) is 17.8 Å². The molecule has 0 saturated carbocycles. The van der Waals surface area contributed by atoms with Gasteiger partial charge in [0.2, 0.25) is 0 Å². The molecule has 0 radical (unpaired) electrons. The van der Waals surface area contributed by atoms with Crippen LogP contribution in [0.15, 0.2) is 37.4 Å². The predicted octanol–water partition coefficient (Wildman–Crippen LogP) is 2.06. The van der Waals surface area contributed by atoms with Crippen LogP contribution < -0.4 is 11.2 Å². The standard InChI is InChI=1S/C13H11BrFN5O2S.ClH/c14-7-5-6(1-2-8(7)15)9-10(17-18-12(9)21)11-13(20-22-19-11)23-4-3-16;/h1-2,5,9H,3-4,16H2,(H,18,21);1H. The molecule has 2 aromatic rings. The molecule has 1 aromatic carbocycles. The van der Waals surface area contributed by atoms with Crippen LogP contribution in [0, 0.1) is 5.82 Å². The zero-order chi connectivity index (χ0) is 16.4. The highest BCUT2D eigenvalue weighted by Crippen LogP contribution is 2.31. The first-order valence-corrected chi connectivity index (χ1v) is 8.38. The third kappa shape index (κ3) is 3.61. The van der Waals surface area contributed by atoms with E-state index in [1.165, 1.54) is 23.9 Å². The molecule has 11 heteroatoms. The molecule has 1 aliphatic rings. The Morgan fingerprint density at radius 3 is 2.92 bits per heavy atom. The van der Waals surface area contributed by atoms with Crippen molar-refractivity contribution in [1.29, 1.82) is 0 Å². The Balaban J connectivity index is 0.00000208. The third-order valence-electron chi connectivity index (χ3n) is 3.16. The van der Waals surface area contributed by atoms with Gasteiger partial charge in [0.15, 0.2) is 10.7 Å². The number of thioether (sulfide) groups is 1. The molecule has 0 saturated heterocycles. The van der Waals surface area contributed by atoms with Crippen LogP contribution in [0.25, 0.3) is 0 Å². The third-order valence-corrected chi connectivity index (χ3v) is 4.75. The Labute approximate surface area is 155 Å². The second-order valence-corrected chi connectivity index (χ2v) is 6.57. The van der Waals surface area contributed by atoms with Gasteiger partial charge in [0.05, 0.1) is 4.47 Å². The molecule has 0 bridgehead atoms. The molecule has 2 heterocycles. The van der Waals surface area contributed by atoms with Gasteiger partial charge in [0, 0.05) is 12.3 Å². The first-order valence-electron chi connectivity index (χ1n) is 6.60. The highest BCUT2D eigenvalue weighted by Gasteiger charge is 2.36. The lowest BCUT2D eigenvalue weighted by molar-refractivity contribution is -0.120. The summed E-state index contributed by atoms with van der Waals surface area (Å²) in [5.74, 6) is -0.817. The predicted molar refractivity (Wildman–Crippen MR) is 92.8 cm³/mol. The lowest BCUT2D eigenvalue weighted by atomic mass is 9.93. The van der Waals surface area contributed by atoms with E-state index < -0.39 is 11.7 Å². The van der Waals surface area contributed by atoms with Gasteiger partial charge in [-0.3, -0.25) is 4.79 Å². The first kappa shape index (κ1) is 18.8. The molecule has 3 N–H and O–H groups in total. The summed E-state index contributed by atoms with van der Waals surface area (Å²) >= 11 is 4.48. The zero-order valence-electron chi connectivity index (χ0n) is 12.0. The molecule has 3 rings (SSSR count). The maximum absolute atomic E-state index is 13.4. The summed E-state index contributed by atoms with van der Waals surface area (Å²) in [6, 6.07) is 4.36. The molecule has 24 heavy (non-hydrogen) atoms. The van der Waals surface area contributed by atoms with E-state index in [1.54, 1.807) is 6.07 Å². The van der Waals surface area contributed by atoms with Crippen LogP contribution >= 0.6 is 40.1 Å². The van der Waals surface area contributed by atoms with Gasteiger partial charge in [-0.2, -0.15) is 5.10 Å². The van der Waals surface area contributed by atoms with Gasteiger partial charge in [-0.05, 0) is 43.9 Å². The van der Waals surface area contributed by atoms with Gasteiger partial charge in [-0.25, -0.2) is 14.4 Å². The molecule has 1 atom stereocenters. The number of benzene rings is 1. The topological polar surface area (TPSA) is 106 Å². The van der Waals surface area contributed by atoms with E-state index in [0.29, 0.717) is 34.3 Å². The summed E-state index contributed by atoms with van der Waals surface area (Å²) in [6.45, 7) is 0.467. The van der Waals surface area contributed by atoms with Gasteiger partial charge < -0.3 is 5.73 Å². The normalized spacial score (nSPS) is 16.5. The van der Waals surface area contributed by atoms with Crippen molar-refractivity contribution in [2.24, 2.45) is 10.8 Å². The number of nitrogens with zero attached hydrogens (tertiary/aromatic N) is 3. The SMILES string of the molecule is Cl.NCCSc1nonc1C1=NNC(=O)C1c1ccc(F)c(Br)c1. The minimum absolute atomic E-state index is 0. The van der Waals surface area contributed by atoms with Crippen molar-refractivity contribution in [3.05, 3.63) is 39.7 Å². The maximum Gasteiger partial charge on any atom is 0.253 e. The smallest absolute Gasteiger partial charge is 0.253 e. The van der Waals surface area contributed by atoms with Crippen LogP contribution in [0.5, 0.6) is 0 Å². The molecular formula is C13H12BrClFN5O2S. The van der Waals surface area contributed by atoms with Crippen molar-refractivity contribution >= 4 is 51.7 Å². The van der Waals surface area contributed by atoms with Crippen molar-refractivity contribution in [1.82, 2.24) is 15.7 Å². The minimum atomic E-state index is -0.712. The molecule has 1 amide bonds. The molecule has 1 aliphatic heterocycles. The first-order chi connectivity index (χ1) is 11.1. The molecule has 128 valence electrons. The van der Waals surface area contributed by atoms with Crippen LogP contribution in [0.4, 0.5) is 4.39 Å². The van der Waals surface area contributed by atoms with Crippen molar-refractivity contribution in [2.75, 3.05) is 12.3 Å². The number of hydrazone groups is 1. The molecular weight excluding hydrogens is 425 g/mol. The average molecular weight is 437 g/mol. The molecule has 1 aromatic heterocycles. The maximum atomic E-state index is 13.4. The highest BCUT2D eigenvalue weighted by molar-refractivity contribution is 9.10. The minimum Gasteiger partial charge on any atom is -0.330 e. The Bertz CT molecular complexity index is 787. The summed E-state index contributed by atoms with van der Waals surface area (Å²) in [4.78, 5) is 12.2. The fourth-order valence-electron chi connectivity index (χ4n) is 2.15. The highest BCUT2D eigenvalue weighted by atomic mass is 79.9. The number of rotatable bonds is 5. The fraction of sp³-hybridized carbons (Fsp3) is 0.231. The quantitative estimate of drug-likeness (QED) is 0.695. The molecule has 0 spiro atoms. The van der Waals surface area contributed by atoms with Gasteiger partial charge in [0.25, 0.3) is 5.91 Å². The van der Waals surface area contributed by atoms with Crippen LogP contribution in [0.2, 0.25) is 0 Å². The summed E-state index contributed by atoms with van der Waals surface area (Å²) in [5.41, 5.74) is 9.26. The Hall–Kier alpha value is -1.49. The van der Waals surface area contributed by atoms with Crippen LogP contribution in [-0.2, 0) is 4.79 Å². The Kier molecular flexibility index (Phi) is 6.33. The molecule has 0 fully saturated rings. The summed E-state index contributed by atoms with van der Waals surface area (Å²) < 4.78 is 18.5. The summed E-state index contributed by atoms with van der Waals surface area (Å²) in [6.07, 6.45) is 0. The summed E-state index contributed by atoms with van der Waals surface area (Å²) in [5, 5.41) is 12.2. The fourth-order valence-corrected chi connectivity index (χ4v) is 3.22. The van der Waals surface area contributed by atoms with E-state index in [2.05, 4.69) is 36.8 Å². The second kappa shape index (κ2) is 8.06. The lowest BCUT2D eigenvalue weighted by Gasteiger charge is -2.10. The monoisotopic (exact) mass is 435 g/mol. The number of nitrogens with two attached hydrogens (primary N) is 1. The van der Waals surface area contributed by atoms with E-state index in [9.17, 15) is 9.18 Å². The van der Waals surface area contributed by atoms with Crippen molar-refractivity contribution in [3.8, 4) is 0 Å². The number of nitrogens with one attached hydrogen (secondary N) is 1. The number of halogens is 3. The van der Waals surface area contributed by atoms with E-state index >= 15 is 0 Å². The van der Waals surface area contributed by atoms with Gasteiger partial charge in [-0.15, -0.1) is 12.4 Å². The second-order valence-electron chi connectivity index (χ2n) is 4.63. The average Bonchev–Trinajstić information content (AvgIpc) is 3.14. The van der Waals surface area contributed by atoms with E-state index in [0.717, 1.165) is 0 Å². The Morgan fingerprint density at radius 2 is 2.21 bits per heavy atom.